The molecule has 20 heavy (non-hydrogen) atoms. The fourth-order valence-corrected chi connectivity index (χ4v) is 1.65. The van der Waals surface area contributed by atoms with Crippen LogP contribution in [0.4, 0.5) is 13.2 Å². The van der Waals surface area contributed by atoms with Crippen molar-refractivity contribution in [3.8, 4) is 11.4 Å². The maximum Gasteiger partial charge on any atom is 0.573 e. The topological polar surface area (TPSA) is 18.0 Å². The molecule has 0 saturated heterocycles. The quantitative estimate of drug-likeness (QED) is 0.725. The number of benzene rings is 1. The van der Waals surface area contributed by atoms with Crippen molar-refractivity contribution in [2.45, 2.75) is 26.3 Å². The number of alkyl halides is 3. The molecular formula is C13H14BrF3N2O. The standard InChI is InChI=1S/C13H14F3N2O.BrH/c1-10(2)17-7-8-18(9-17)11-3-5-12(6-4-11)19-13(14,15)16;/h3-10H,1-2H3;1H/q+1;/p-1. The van der Waals surface area contributed by atoms with E-state index in [1.54, 1.807) is 12.1 Å². The molecular weight excluding hydrogens is 337 g/mol. The maximum absolute atomic E-state index is 12.0. The van der Waals surface area contributed by atoms with Crippen molar-refractivity contribution in [1.29, 1.82) is 0 Å². The molecule has 0 atom stereocenters. The Bertz CT molecular complexity index is 549. The van der Waals surface area contributed by atoms with E-state index >= 15 is 0 Å². The van der Waals surface area contributed by atoms with Gasteiger partial charge in [-0.05, 0) is 38.1 Å². The number of ether oxygens (including phenoxy) is 1. The summed E-state index contributed by atoms with van der Waals surface area (Å²) in [4.78, 5) is 0. The number of halogens is 4. The molecule has 0 spiro atoms. The van der Waals surface area contributed by atoms with E-state index in [4.69, 9.17) is 0 Å². The number of hydrogen-bond acceptors (Lipinski definition) is 1. The molecule has 0 bridgehead atoms. The van der Waals surface area contributed by atoms with Gasteiger partial charge in [-0.2, -0.15) is 0 Å². The molecule has 0 radical (unpaired) electrons. The van der Waals surface area contributed by atoms with E-state index < -0.39 is 6.36 Å². The number of imidazole rings is 1. The third-order valence-electron chi connectivity index (χ3n) is 2.62. The van der Waals surface area contributed by atoms with Gasteiger partial charge in [0.05, 0.1) is 6.04 Å². The zero-order valence-electron chi connectivity index (χ0n) is 10.9. The summed E-state index contributed by atoms with van der Waals surface area (Å²) in [6.45, 7) is 4.09. The number of nitrogens with zero attached hydrogens (tertiary/aromatic N) is 2. The highest BCUT2D eigenvalue weighted by molar-refractivity contribution is 5.37. The van der Waals surface area contributed by atoms with Crippen LogP contribution in [-0.4, -0.2) is 10.9 Å². The second-order valence-electron chi connectivity index (χ2n) is 4.40. The van der Waals surface area contributed by atoms with E-state index in [0.29, 0.717) is 6.04 Å². The van der Waals surface area contributed by atoms with Crippen LogP contribution >= 0.6 is 0 Å². The van der Waals surface area contributed by atoms with Crippen LogP contribution in [0.5, 0.6) is 5.75 Å². The van der Waals surface area contributed by atoms with Crippen LogP contribution in [0.2, 0.25) is 0 Å². The van der Waals surface area contributed by atoms with Crippen LogP contribution in [-0.2, 0) is 0 Å². The van der Waals surface area contributed by atoms with Gasteiger partial charge in [-0.1, -0.05) is 0 Å². The van der Waals surface area contributed by atoms with Crippen molar-refractivity contribution in [2.75, 3.05) is 0 Å². The van der Waals surface area contributed by atoms with Gasteiger partial charge >= 0.3 is 6.36 Å². The molecule has 0 unspecified atom stereocenters. The molecule has 0 aliphatic heterocycles. The van der Waals surface area contributed by atoms with Gasteiger partial charge in [-0.3, -0.25) is 0 Å². The Hall–Kier alpha value is -1.50. The van der Waals surface area contributed by atoms with Crippen molar-refractivity contribution >= 4 is 0 Å². The molecule has 0 aliphatic rings. The summed E-state index contributed by atoms with van der Waals surface area (Å²) in [6.07, 6.45) is 0.977. The molecule has 2 aromatic rings. The Balaban J connectivity index is 0.00000200. The smallest absolute Gasteiger partial charge is 0.573 e. The molecule has 1 aromatic heterocycles. The molecule has 0 aliphatic carbocycles. The molecule has 1 heterocycles. The lowest BCUT2D eigenvalue weighted by Crippen LogP contribution is -3.00. The molecule has 0 N–H and O–H groups in total. The lowest BCUT2D eigenvalue weighted by atomic mass is 10.3. The Kier molecular flexibility index (Phi) is 5.21. The van der Waals surface area contributed by atoms with E-state index in [-0.39, 0.29) is 22.7 Å². The first-order valence-electron chi connectivity index (χ1n) is 5.80. The fourth-order valence-electron chi connectivity index (χ4n) is 1.65. The zero-order chi connectivity index (χ0) is 14.0. The van der Waals surface area contributed by atoms with Crippen molar-refractivity contribution < 1.29 is 39.5 Å². The van der Waals surface area contributed by atoms with Crippen molar-refractivity contribution in [2.24, 2.45) is 0 Å². The van der Waals surface area contributed by atoms with E-state index in [1.165, 1.54) is 12.1 Å². The summed E-state index contributed by atoms with van der Waals surface area (Å²) >= 11 is 0. The molecule has 0 saturated carbocycles. The van der Waals surface area contributed by atoms with Crippen LogP contribution in [0.15, 0.2) is 43.0 Å². The molecule has 0 amide bonds. The maximum atomic E-state index is 12.0. The minimum Gasteiger partial charge on any atom is -1.00 e. The first-order valence-corrected chi connectivity index (χ1v) is 5.80. The summed E-state index contributed by atoms with van der Waals surface area (Å²) in [5.41, 5.74) is 0.772. The lowest BCUT2D eigenvalue weighted by molar-refractivity contribution is -0.715. The molecule has 7 heteroatoms. The van der Waals surface area contributed by atoms with Gasteiger partial charge < -0.3 is 21.7 Å². The summed E-state index contributed by atoms with van der Waals surface area (Å²) in [5.74, 6) is -0.222. The number of hydrogen-bond donors (Lipinski definition) is 0. The van der Waals surface area contributed by atoms with E-state index in [0.717, 1.165) is 5.69 Å². The summed E-state index contributed by atoms with van der Waals surface area (Å²) in [5, 5.41) is 0. The Morgan fingerprint density at radius 2 is 1.75 bits per heavy atom. The monoisotopic (exact) mass is 350 g/mol. The zero-order valence-corrected chi connectivity index (χ0v) is 12.5. The van der Waals surface area contributed by atoms with Gasteiger partial charge in [-0.15, -0.1) is 13.2 Å². The second-order valence-corrected chi connectivity index (χ2v) is 4.40. The predicted octanol–water partition coefficient (Wildman–Crippen LogP) is 0.248. The van der Waals surface area contributed by atoms with Gasteiger partial charge in [-0.25, -0.2) is 9.13 Å². The van der Waals surface area contributed by atoms with Crippen molar-refractivity contribution in [1.82, 2.24) is 4.57 Å². The van der Waals surface area contributed by atoms with Gasteiger partial charge in [0.1, 0.15) is 23.8 Å². The third-order valence-corrected chi connectivity index (χ3v) is 2.62. The average molecular weight is 351 g/mol. The molecule has 3 nitrogen and oxygen atoms in total. The average Bonchev–Trinajstić information content (AvgIpc) is 2.77. The SMILES string of the molecule is CC(C)[n+]1ccn(-c2ccc(OC(F)(F)F)cc2)c1.[Br-]. The van der Waals surface area contributed by atoms with Crippen LogP contribution in [0.1, 0.15) is 19.9 Å². The highest BCUT2D eigenvalue weighted by atomic mass is 79.9. The van der Waals surface area contributed by atoms with Gasteiger partial charge in [0, 0.05) is 0 Å². The highest BCUT2D eigenvalue weighted by Crippen LogP contribution is 2.23. The van der Waals surface area contributed by atoms with Gasteiger partial charge in [0.2, 0.25) is 6.33 Å². The van der Waals surface area contributed by atoms with Crippen LogP contribution < -0.4 is 26.3 Å². The molecule has 0 fully saturated rings. The molecule has 110 valence electrons. The lowest BCUT2D eigenvalue weighted by Gasteiger charge is -2.08. The summed E-state index contributed by atoms with van der Waals surface area (Å²) < 4.78 is 43.7. The first kappa shape index (κ1) is 16.6. The first-order chi connectivity index (χ1) is 8.85. The Morgan fingerprint density at radius 1 is 1.15 bits per heavy atom. The minimum absolute atomic E-state index is 0. The molecule has 1 aromatic carbocycles. The van der Waals surface area contributed by atoms with E-state index in [1.807, 2.05) is 41.7 Å². The third kappa shape index (κ3) is 4.26. The van der Waals surface area contributed by atoms with Gasteiger partial charge in [0.25, 0.3) is 0 Å². The van der Waals surface area contributed by atoms with Gasteiger partial charge in [0.15, 0.2) is 0 Å². The predicted molar refractivity (Wildman–Crippen MR) is 63.0 cm³/mol. The Morgan fingerprint density at radius 3 is 2.20 bits per heavy atom. The van der Waals surface area contributed by atoms with Crippen LogP contribution in [0.25, 0.3) is 5.69 Å². The highest BCUT2D eigenvalue weighted by Gasteiger charge is 2.31. The summed E-state index contributed by atoms with van der Waals surface area (Å²) in [7, 11) is 0. The van der Waals surface area contributed by atoms with E-state index in [2.05, 4.69) is 4.74 Å². The number of aromatic nitrogens is 2. The van der Waals surface area contributed by atoms with E-state index in [9.17, 15) is 13.2 Å². The van der Waals surface area contributed by atoms with Crippen LogP contribution in [0.3, 0.4) is 0 Å². The van der Waals surface area contributed by atoms with Crippen molar-refractivity contribution in [3.63, 3.8) is 0 Å². The largest absolute Gasteiger partial charge is 1.00 e. The van der Waals surface area contributed by atoms with Crippen LogP contribution in [0, 0.1) is 0 Å². The number of rotatable bonds is 3. The Labute approximate surface area is 125 Å². The normalized spacial score (nSPS) is 11.3. The van der Waals surface area contributed by atoms with Crippen molar-refractivity contribution in [3.05, 3.63) is 43.0 Å². The summed E-state index contributed by atoms with van der Waals surface area (Å²) in [6, 6.07) is 6.07. The minimum atomic E-state index is -4.66. The second kappa shape index (κ2) is 6.30. The fraction of sp³-hybridized carbons (Fsp3) is 0.308. The molecule has 2 rings (SSSR count).